The third-order valence-corrected chi connectivity index (χ3v) is 2.82. The van der Waals surface area contributed by atoms with E-state index in [1.807, 2.05) is 0 Å². The molecule has 0 amide bonds. The molecule has 1 aromatic heterocycles. The quantitative estimate of drug-likeness (QED) is 0.739. The van der Waals surface area contributed by atoms with Gasteiger partial charge >= 0.3 is 0 Å². The van der Waals surface area contributed by atoms with E-state index in [2.05, 4.69) is 32.9 Å². The molecule has 0 unspecified atom stereocenters. The minimum absolute atomic E-state index is 0.443. The fourth-order valence-corrected chi connectivity index (χ4v) is 1.94. The standard InChI is InChI=1S/C9H13N5S/c1-3-5-6(4-2)12-9-7(11-5)8(10)13-15-14-9/h3-4H2,1-2H3,(H2,10,13)(H,12,14). The van der Waals surface area contributed by atoms with E-state index < -0.39 is 0 Å². The largest absolute Gasteiger partial charge is 0.381 e. The molecule has 0 aromatic carbocycles. The molecular weight excluding hydrogens is 210 g/mol. The van der Waals surface area contributed by atoms with Crippen LogP contribution in [0.3, 0.4) is 0 Å². The molecule has 80 valence electrons. The molecule has 0 atom stereocenters. The SMILES string of the molecule is CCc1nc2c(nc1CC)C(N)=NSN2. The summed E-state index contributed by atoms with van der Waals surface area (Å²) in [6.07, 6.45) is 1.75. The third kappa shape index (κ3) is 1.77. The highest BCUT2D eigenvalue weighted by atomic mass is 32.2. The van der Waals surface area contributed by atoms with Crippen LogP contribution in [-0.2, 0) is 12.8 Å². The van der Waals surface area contributed by atoms with E-state index in [9.17, 15) is 0 Å². The van der Waals surface area contributed by atoms with Gasteiger partial charge in [0, 0.05) is 0 Å². The molecule has 2 rings (SSSR count). The van der Waals surface area contributed by atoms with Crippen LogP contribution in [0.5, 0.6) is 0 Å². The molecule has 6 heteroatoms. The lowest BCUT2D eigenvalue weighted by Crippen LogP contribution is -2.22. The zero-order chi connectivity index (χ0) is 10.8. The summed E-state index contributed by atoms with van der Waals surface area (Å²) in [5.74, 6) is 1.17. The van der Waals surface area contributed by atoms with Crippen LogP contribution in [0.1, 0.15) is 30.9 Å². The van der Waals surface area contributed by atoms with Gasteiger partial charge in [-0.3, -0.25) is 4.72 Å². The van der Waals surface area contributed by atoms with Crippen molar-refractivity contribution in [2.75, 3.05) is 4.72 Å². The topological polar surface area (TPSA) is 76.2 Å². The van der Waals surface area contributed by atoms with Crippen molar-refractivity contribution < 1.29 is 0 Å². The van der Waals surface area contributed by atoms with Gasteiger partial charge < -0.3 is 5.73 Å². The Morgan fingerprint density at radius 3 is 2.53 bits per heavy atom. The minimum atomic E-state index is 0.443. The molecular formula is C9H13N5S. The molecule has 0 fully saturated rings. The van der Waals surface area contributed by atoms with Gasteiger partial charge in [0.05, 0.1) is 23.5 Å². The first-order chi connectivity index (χ1) is 7.26. The Balaban J connectivity index is 2.55. The summed E-state index contributed by atoms with van der Waals surface area (Å²) in [5, 5.41) is 0. The maximum atomic E-state index is 5.75. The molecule has 15 heavy (non-hydrogen) atoms. The lowest BCUT2D eigenvalue weighted by atomic mass is 10.2. The molecule has 0 radical (unpaired) electrons. The van der Waals surface area contributed by atoms with Crippen LogP contribution in [-0.4, -0.2) is 15.8 Å². The molecule has 1 aromatic rings. The summed E-state index contributed by atoms with van der Waals surface area (Å²) in [6, 6.07) is 0. The van der Waals surface area contributed by atoms with Gasteiger partial charge in [-0.1, -0.05) is 13.8 Å². The Bertz CT molecular complexity index is 415. The number of fused-ring (bicyclic) bond motifs is 1. The van der Waals surface area contributed by atoms with E-state index in [1.54, 1.807) is 0 Å². The average molecular weight is 223 g/mol. The Hall–Kier alpha value is -1.30. The molecule has 3 N–H and O–H groups in total. The molecule has 0 bridgehead atoms. The third-order valence-electron chi connectivity index (χ3n) is 2.25. The first-order valence-corrected chi connectivity index (χ1v) is 5.69. The van der Waals surface area contributed by atoms with Gasteiger partial charge in [-0.05, 0) is 12.8 Å². The lowest BCUT2D eigenvalue weighted by molar-refractivity contribution is 0.903. The monoisotopic (exact) mass is 223 g/mol. The fourth-order valence-electron chi connectivity index (χ4n) is 1.48. The molecule has 0 saturated heterocycles. The summed E-state index contributed by atoms with van der Waals surface area (Å²) in [7, 11) is 0. The Kier molecular flexibility index (Phi) is 2.77. The van der Waals surface area contributed by atoms with Gasteiger partial charge in [0.15, 0.2) is 11.7 Å². The highest BCUT2D eigenvalue weighted by molar-refractivity contribution is 7.99. The van der Waals surface area contributed by atoms with Crippen molar-refractivity contribution in [2.24, 2.45) is 10.1 Å². The number of nitrogens with two attached hydrogens (primary N) is 1. The zero-order valence-corrected chi connectivity index (χ0v) is 9.56. The van der Waals surface area contributed by atoms with E-state index in [0.717, 1.165) is 30.0 Å². The second kappa shape index (κ2) is 4.06. The molecule has 1 aliphatic heterocycles. The predicted octanol–water partition coefficient (Wildman–Crippen LogP) is 1.30. The van der Waals surface area contributed by atoms with Gasteiger partial charge in [-0.2, -0.15) is 4.40 Å². The Labute approximate surface area is 92.9 Å². The number of nitrogens with zero attached hydrogens (tertiary/aromatic N) is 3. The summed E-state index contributed by atoms with van der Waals surface area (Å²) < 4.78 is 6.99. The number of aryl methyl sites for hydroxylation is 2. The van der Waals surface area contributed by atoms with Gasteiger partial charge in [0.2, 0.25) is 0 Å². The number of hydrogen-bond acceptors (Lipinski definition) is 6. The summed E-state index contributed by atoms with van der Waals surface area (Å²) in [4.78, 5) is 8.99. The summed E-state index contributed by atoms with van der Waals surface area (Å²) >= 11 is 1.19. The van der Waals surface area contributed by atoms with E-state index in [1.165, 1.54) is 12.1 Å². The average Bonchev–Trinajstić information content (AvgIpc) is 2.28. The van der Waals surface area contributed by atoms with E-state index in [4.69, 9.17) is 5.73 Å². The number of amidine groups is 1. The van der Waals surface area contributed by atoms with Crippen molar-refractivity contribution in [1.29, 1.82) is 0 Å². The lowest BCUT2D eigenvalue weighted by Gasteiger charge is -2.15. The van der Waals surface area contributed by atoms with Crippen LogP contribution in [0.4, 0.5) is 5.82 Å². The summed E-state index contributed by atoms with van der Waals surface area (Å²) in [6.45, 7) is 4.14. The summed E-state index contributed by atoms with van der Waals surface area (Å²) in [5.41, 5.74) is 8.45. The Morgan fingerprint density at radius 2 is 1.87 bits per heavy atom. The molecule has 0 saturated carbocycles. The van der Waals surface area contributed by atoms with Gasteiger partial charge in [-0.25, -0.2) is 9.97 Å². The smallest absolute Gasteiger partial charge is 0.167 e. The van der Waals surface area contributed by atoms with Crippen molar-refractivity contribution >= 4 is 23.8 Å². The van der Waals surface area contributed by atoms with Crippen LogP contribution in [0.2, 0.25) is 0 Å². The second-order valence-electron chi connectivity index (χ2n) is 3.19. The van der Waals surface area contributed by atoms with Gasteiger partial charge in [-0.15, -0.1) is 0 Å². The van der Waals surface area contributed by atoms with Crippen LogP contribution in [0.15, 0.2) is 4.40 Å². The van der Waals surface area contributed by atoms with E-state index in [-0.39, 0.29) is 0 Å². The molecule has 0 aliphatic carbocycles. The maximum Gasteiger partial charge on any atom is 0.167 e. The first-order valence-electron chi connectivity index (χ1n) is 4.91. The number of aromatic nitrogens is 2. The van der Waals surface area contributed by atoms with Gasteiger partial charge in [0.25, 0.3) is 0 Å². The number of hydrogen-bond donors (Lipinski definition) is 2. The molecule has 2 heterocycles. The van der Waals surface area contributed by atoms with Crippen molar-refractivity contribution in [2.45, 2.75) is 26.7 Å². The molecule has 5 nitrogen and oxygen atoms in total. The first kappa shape index (κ1) is 10.2. The highest BCUT2D eigenvalue weighted by Crippen LogP contribution is 2.23. The maximum absolute atomic E-state index is 5.75. The minimum Gasteiger partial charge on any atom is -0.381 e. The van der Waals surface area contributed by atoms with Crippen LogP contribution < -0.4 is 10.5 Å². The van der Waals surface area contributed by atoms with Crippen molar-refractivity contribution in [3.05, 3.63) is 17.1 Å². The van der Waals surface area contributed by atoms with E-state index >= 15 is 0 Å². The molecule has 1 aliphatic rings. The fraction of sp³-hybridized carbons (Fsp3) is 0.444. The number of anilines is 1. The van der Waals surface area contributed by atoms with Crippen LogP contribution in [0.25, 0.3) is 0 Å². The highest BCUT2D eigenvalue weighted by Gasteiger charge is 2.17. The number of nitrogens with one attached hydrogen (secondary N) is 1. The molecule has 0 spiro atoms. The van der Waals surface area contributed by atoms with Crippen molar-refractivity contribution in [3.8, 4) is 0 Å². The Morgan fingerprint density at radius 1 is 1.20 bits per heavy atom. The van der Waals surface area contributed by atoms with E-state index in [0.29, 0.717) is 11.5 Å². The van der Waals surface area contributed by atoms with Gasteiger partial charge in [0.1, 0.15) is 5.69 Å². The van der Waals surface area contributed by atoms with Crippen molar-refractivity contribution in [3.63, 3.8) is 0 Å². The van der Waals surface area contributed by atoms with Crippen LogP contribution >= 0.6 is 12.1 Å². The zero-order valence-electron chi connectivity index (χ0n) is 8.74. The normalized spacial score (nSPS) is 14.1. The second-order valence-corrected chi connectivity index (χ2v) is 3.76. The predicted molar refractivity (Wildman–Crippen MR) is 62.7 cm³/mol. The van der Waals surface area contributed by atoms with Crippen molar-refractivity contribution in [1.82, 2.24) is 9.97 Å². The number of rotatable bonds is 2. The van der Waals surface area contributed by atoms with Crippen LogP contribution in [0, 0.1) is 0 Å².